The van der Waals surface area contributed by atoms with Crippen LogP contribution in [0.2, 0.25) is 0 Å². The molecule has 0 aliphatic carbocycles. The summed E-state index contributed by atoms with van der Waals surface area (Å²) in [4.78, 5) is 2.00. The number of aliphatic hydroxyl groups is 2. The average Bonchev–Trinajstić information content (AvgIpc) is 2.48. The predicted octanol–water partition coefficient (Wildman–Crippen LogP) is 2.08. The summed E-state index contributed by atoms with van der Waals surface area (Å²) in [5, 5.41) is 29.8. The van der Waals surface area contributed by atoms with E-state index in [2.05, 4.69) is 6.07 Å². The first-order chi connectivity index (χ1) is 10.7. The molecule has 5 nitrogen and oxygen atoms in total. The summed E-state index contributed by atoms with van der Waals surface area (Å²) in [6.45, 7) is 7.79. The van der Waals surface area contributed by atoms with Crippen molar-refractivity contribution in [2.45, 2.75) is 51.5 Å². The Labute approximate surface area is 138 Å². The lowest BCUT2D eigenvalue weighted by Crippen LogP contribution is -2.55. The van der Waals surface area contributed by atoms with E-state index in [-0.39, 0.29) is 24.6 Å². The molecule has 0 amide bonds. The Morgan fingerprint density at radius 3 is 2.57 bits per heavy atom. The number of hydrogen-bond acceptors (Lipinski definition) is 5. The number of benzene rings is 1. The quantitative estimate of drug-likeness (QED) is 0.889. The van der Waals surface area contributed by atoms with Crippen molar-refractivity contribution in [3.63, 3.8) is 0 Å². The molecule has 1 aliphatic heterocycles. The molecule has 126 valence electrons. The SMILES string of the molecule is CC(C)C(CO)N(C)[C@H]1c2cc(C#N)ccc2OC(C)(C)[C@@H]1O. The van der Waals surface area contributed by atoms with Crippen molar-refractivity contribution in [2.75, 3.05) is 13.7 Å². The Morgan fingerprint density at radius 1 is 1.39 bits per heavy atom. The lowest BCUT2D eigenvalue weighted by molar-refractivity contribution is -0.102. The highest BCUT2D eigenvalue weighted by Gasteiger charge is 2.46. The average molecular weight is 318 g/mol. The Bertz CT molecular complexity index is 607. The van der Waals surface area contributed by atoms with Gasteiger partial charge in [0.2, 0.25) is 0 Å². The summed E-state index contributed by atoms with van der Waals surface area (Å²) in [5.41, 5.74) is 0.567. The van der Waals surface area contributed by atoms with Crippen LogP contribution in [0.5, 0.6) is 5.75 Å². The molecule has 23 heavy (non-hydrogen) atoms. The number of fused-ring (bicyclic) bond motifs is 1. The van der Waals surface area contributed by atoms with Gasteiger partial charge in [0.1, 0.15) is 17.5 Å². The van der Waals surface area contributed by atoms with Gasteiger partial charge < -0.3 is 14.9 Å². The molecule has 0 bridgehead atoms. The van der Waals surface area contributed by atoms with Gasteiger partial charge in [0.25, 0.3) is 0 Å². The van der Waals surface area contributed by atoms with Crippen LogP contribution in [-0.4, -0.2) is 46.5 Å². The normalized spacial score (nSPS) is 24.0. The van der Waals surface area contributed by atoms with Crippen molar-refractivity contribution in [2.24, 2.45) is 5.92 Å². The standard InChI is InChI=1S/C18H26N2O3/c1-11(2)14(10-21)20(5)16-13-8-12(9-19)6-7-15(13)23-18(3,4)17(16)22/h6-8,11,14,16-17,21-22H,10H2,1-5H3/t14?,16-,17+/m0/s1. The molecule has 1 aromatic rings. The minimum absolute atomic E-state index is 0.00590. The van der Waals surface area contributed by atoms with Crippen molar-refractivity contribution >= 4 is 0 Å². The monoisotopic (exact) mass is 318 g/mol. The van der Waals surface area contributed by atoms with Gasteiger partial charge in [-0.2, -0.15) is 5.26 Å². The molecule has 0 saturated heterocycles. The summed E-state index contributed by atoms with van der Waals surface area (Å²) in [6.07, 6.45) is -0.776. The first-order valence-corrected chi connectivity index (χ1v) is 7.96. The molecule has 1 aliphatic rings. The fourth-order valence-corrected chi connectivity index (χ4v) is 3.29. The van der Waals surface area contributed by atoms with E-state index in [4.69, 9.17) is 10.00 Å². The molecule has 0 spiro atoms. The maximum absolute atomic E-state index is 10.9. The molecular formula is C18H26N2O3. The second kappa shape index (κ2) is 6.48. The summed E-state index contributed by atoms with van der Waals surface area (Å²) >= 11 is 0. The van der Waals surface area contributed by atoms with Crippen LogP contribution in [0.25, 0.3) is 0 Å². The molecule has 0 aromatic heterocycles. The first-order valence-electron chi connectivity index (χ1n) is 7.96. The highest BCUT2D eigenvalue weighted by atomic mass is 16.5. The third-order valence-corrected chi connectivity index (χ3v) is 4.76. The highest BCUT2D eigenvalue weighted by Crippen LogP contribution is 2.43. The number of nitrogens with zero attached hydrogens (tertiary/aromatic N) is 2. The molecule has 0 fully saturated rings. The van der Waals surface area contributed by atoms with Gasteiger partial charge in [-0.15, -0.1) is 0 Å². The first kappa shape index (κ1) is 17.7. The Balaban J connectivity index is 2.54. The fraction of sp³-hybridized carbons (Fsp3) is 0.611. The number of rotatable bonds is 4. The molecule has 0 saturated carbocycles. The Morgan fingerprint density at radius 2 is 2.04 bits per heavy atom. The lowest BCUT2D eigenvalue weighted by atomic mass is 9.84. The second-order valence-corrected chi connectivity index (χ2v) is 7.12. The Kier molecular flexibility index (Phi) is 5.00. The van der Waals surface area contributed by atoms with Gasteiger partial charge >= 0.3 is 0 Å². The van der Waals surface area contributed by atoms with Gasteiger partial charge in [0.15, 0.2) is 0 Å². The van der Waals surface area contributed by atoms with Crippen LogP contribution in [0.3, 0.4) is 0 Å². The van der Waals surface area contributed by atoms with E-state index in [1.54, 1.807) is 18.2 Å². The van der Waals surface area contributed by atoms with Gasteiger partial charge in [0.05, 0.1) is 24.3 Å². The van der Waals surface area contributed by atoms with Gasteiger partial charge in [-0.1, -0.05) is 13.8 Å². The topological polar surface area (TPSA) is 76.7 Å². The zero-order chi connectivity index (χ0) is 17.4. The lowest BCUT2D eigenvalue weighted by Gasteiger charge is -2.47. The van der Waals surface area contributed by atoms with E-state index in [0.29, 0.717) is 11.3 Å². The molecule has 0 radical (unpaired) electrons. The molecule has 2 N–H and O–H groups in total. The number of hydrogen-bond donors (Lipinski definition) is 2. The van der Waals surface area contributed by atoms with Crippen molar-refractivity contribution < 1.29 is 14.9 Å². The van der Waals surface area contributed by atoms with Gasteiger partial charge in [-0.05, 0) is 45.0 Å². The van der Waals surface area contributed by atoms with E-state index in [9.17, 15) is 10.2 Å². The van der Waals surface area contributed by atoms with Crippen molar-refractivity contribution in [1.29, 1.82) is 5.26 Å². The van der Waals surface area contributed by atoms with Crippen LogP contribution >= 0.6 is 0 Å². The van der Waals surface area contributed by atoms with Gasteiger partial charge in [-0.3, -0.25) is 4.90 Å². The van der Waals surface area contributed by atoms with Crippen molar-refractivity contribution in [3.8, 4) is 11.8 Å². The number of likely N-dealkylation sites (N-methyl/N-ethyl adjacent to an activating group) is 1. The van der Waals surface area contributed by atoms with E-state index in [1.807, 2.05) is 39.6 Å². The number of aliphatic hydroxyl groups excluding tert-OH is 2. The van der Waals surface area contributed by atoms with Crippen LogP contribution in [0.15, 0.2) is 18.2 Å². The van der Waals surface area contributed by atoms with Crippen LogP contribution < -0.4 is 4.74 Å². The zero-order valence-electron chi connectivity index (χ0n) is 14.4. The summed E-state index contributed by atoms with van der Waals surface area (Å²) < 4.78 is 5.94. The molecule has 3 atom stereocenters. The third kappa shape index (κ3) is 3.20. The van der Waals surface area contributed by atoms with Gasteiger partial charge in [-0.25, -0.2) is 0 Å². The van der Waals surface area contributed by atoms with Crippen LogP contribution in [-0.2, 0) is 0 Å². The van der Waals surface area contributed by atoms with E-state index in [0.717, 1.165) is 5.56 Å². The van der Waals surface area contributed by atoms with E-state index < -0.39 is 11.7 Å². The summed E-state index contributed by atoms with van der Waals surface area (Å²) in [6, 6.07) is 6.96. The minimum atomic E-state index is -0.776. The highest BCUT2D eigenvalue weighted by molar-refractivity contribution is 5.46. The molecule has 1 aromatic carbocycles. The van der Waals surface area contributed by atoms with Gasteiger partial charge in [0, 0.05) is 11.6 Å². The molecule has 2 rings (SSSR count). The van der Waals surface area contributed by atoms with Crippen molar-refractivity contribution in [1.82, 2.24) is 4.90 Å². The van der Waals surface area contributed by atoms with Crippen LogP contribution in [0.1, 0.15) is 44.9 Å². The number of nitriles is 1. The van der Waals surface area contributed by atoms with Crippen LogP contribution in [0.4, 0.5) is 0 Å². The maximum Gasteiger partial charge on any atom is 0.131 e. The van der Waals surface area contributed by atoms with Crippen molar-refractivity contribution in [3.05, 3.63) is 29.3 Å². The largest absolute Gasteiger partial charge is 0.485 e. The molecule has 1 heterocycles. The Hall–Kier alpha value is -1.61. The molecule has 1 unspecified atom stereocenters. The smallest absolute Gasteiger partial charge is 0.131 e. The minimum Gasteiger partial charge on any atom is -0.485 e. The maximum atomic E-state index is 10.9. The second-order valence-electron chi connectivity index (χ2n) is 7.12. The van der Waals surface area contributed by atoms with E-state index in [1.165, 1.54) is 0 Å². The summed E-state index contributed by atoms with van der Waals surface area (Å²) in [7, 11) is 1.90. The third-order valence-electron chi connectivity index (χ3n) is 4.76. The molecular weight excluding hydrogens is 292 g/mol. The predicted molar refractivity (Wildman–Crippen MR) is 88.1 cm³/mol. The fourth-order valence-electron chi connectivity index (χ4n) is 3.29. The molecule has 5 heteroatoms. The summed E-state index contributed by atoms with van der Waals surface area (Å²) in [5.74, 6) is 0.905. The van der Waals surface area contributed by atoms with Crippen LogP contribution in [0, 0.1) is 17.2 Å². The van der Waals surface area contributed by atoms with E-state index >= 15 is 0 Å². The number of ether oxygens (including phenoxy) is 1. The zero-order valence-corrected chi connectivity index (χ0v) is 14.4.